The summed E-state index contributed by atoms with van der Waals surface area (Å²) in [6.07, 6.45) is 0. The maximum atomic E-state index is 12.0. The summed E-state index contributed by atoms with van der Waals surface area (Å²) in [7, 11) is 0. The molecule has 8 nitrogen and oxygen atoms in total. The van der Waals surface area contributed by atoms with Crippen LogP contribution in [0.1, 0.15) is 5.56 Å². The normalized spacial score (nSPS) is 18.2. The molecule has 0 bridgehead atoms. The molecule has 0 saturated carbocycles. The predicted molar refractivity (Wildman–Crippen MR) is 71.3 cm³/mol. The molecular weight excluding hydrogens is 264 g/mol. The van der Waals surface area contributed by atoms with Crippen molar-refractivity contribution in [3.63, 3.8) is 0 Å². The lowest BCUT2D eigenvalue weighted by atomic mass is 10.1. The number of nitrogens with zero attached hydrogens (tertiary/aromatic N) is 1. The molecule has 8 heteroatoms. The maximum Gasteiger partial charge on any atom is 0.269 e. The number of carbonyl (C=O) groups is 2. The van der Waals surface area contributed by atoms with Crippen LogP contribution < -0.4 is 16.0 Å². The Morgan fingerprint density at radius 3 is 2.80 bits per heavy atom. The first-order chi connectivity index (χ1) is 9.47. The molecule has 1 aliphatic rings. The number of anilines is 1. The highest BCUT2D eigenvalue weighted by Gasteiger charge is 2.24. The van der Waals surface area contributed by atoms with Gasteiger partial charge in [0, 0.05) is 24.4 Å². The first-order valence-corrected chi connectivity index (χ1v) is 6.03. The van der Waals surface area contributed by atoms with Crippen molar-refractivity contribution in [3.05, 3.63) is 33.9 Å². The molecule has 0 aliphatic carbocycles. The SMILES string of the molecule is Cc1cc([N+](=O)[O-])ccc1NC(=O)C1CNC(=O)CN1. The van der Waals surface area contributed by atoms with Gasteiger partial charge in [-0.3, -0.25) is 25.0 Å². The third kappa shape index (κ3) is 3.09. The molecule has 106 valence electrons. The number of rotatable bonds is 3. The lowest BCUT2D eigenvalue weighted by Crippen LogP contribution is -2.56. The number of nitro benzene ring substituents is 1. The molecule has 0 spiro atoms. The van der Waals surface area contributed by atoms with Gasteiger partial charge < -0.3 is 10.6 Å². The van der Waals surface area contributed by atoms with Crippen LogP contribution in [-0.2, 0) is 9.59 Å². The topological polar surface area (TPSA) is 113 Å². The van der Waals surface area contributed by atoms with Crippen LogP contribution in [0.25, 0.3) is 0 Å². The Balaban J connectivity index is 2.04. The average molecular weight is 278 g/mol. The minimum atomic E-state index is -0.512. The number of benzene rings is 1. The van der Waals surface area contributed by atoms with Gasteiger partial charge >= 0.3 is 0 Å². The fraction of sp³-hybridized carbons (Fsp3) is 0.333. The van der Waals surface area contributed by atoms with Gasteiger partial charge in [-0.15, -0.1) is 0 Å². The lowest BCUT2D eigenvalue weighted by Gasteiger charge is -2.23. The van der Waals surface area contributed by atoms with Gasteiger partial charge in [-0.2, -0.15) is 0 Å². The standard InChI is InChI=1S/C12H14N4O4/c1-7-4-8(16(19)20)2-3-9(7)15-12(18)10-5-14-11(17)6-13-10/h2-4,10,13H,5-6H2,1H3,(H,14,17)(H,15,18). The highest BCUT2D eigenvalue weighted by molar-refractivity contribution is 5.97. The minimum Gasteiger partial charge on any atom is -0.353 e. The molecule has 20 heavy (non-hydrogen) atoms. The zero-order valence-electron chi connectivity index (χ0n) is 10.8. The van der Waals surface area contributed by atoms with Crippen LogP contribution in [0.15, 0.2) is 18.2 Å². The summed E-state index contributed by atoms with van der Waals surface area (Å²) < 4.78 is 0. The fourth-order valence-corrected chi connectivity index (χ4v) is 1.87. The van der Waals surface area contributed by atoms with Gasteiger partial charge in [0.25, 0.3) is 5.69 Å². The van der Waals surface area contributed by atoms with E-state index in [1.165, 1.54) is 18.2 Å². The highest BCUT2D eigenvalue weighted by Crippen LogP contribution is 2.21. The molecule has 1 heterocycles. The summed E-state index contributed by atoms with van der Waals surface area (Å²) in [5.74, 6) is -0.442. The zero-order valence-corrected chi connectivity index (χ0v) is 10.8. The number of hydrogen-bond acceptors (Lipinski definition) is 5. The third-order valence-corrected chi connectivity index (χ3v) is 3.01. The number of nitro groups is 1. The van der Waals surface area contributed by atoms with Crippen molar-refractivity contribution in [2.75, 3.05) is 18.4 Å². The number of non-ortho nitro benzene ring substituents is 1. The van der Waals surface area contributed by atoms with Crippen LogP contribution in [0.2, 0.25) is 0 Å². The minimum absolute atomic E-state index is 0.0245. The third-order valence-electron chi connectivity index (χ3n) is 3.01. The molecule has 2 amide bonds. The van der Waals surface area contributed by atoms with Crippen molar-refractivity contribution in [1.29, 1.82) is 0 Å². The van der Waals surface area contributed by atoms with Gasteiger partial charge in [0.1, 0.15) is 6.04 Å². The van der Waals surface area contributed by atoms with Gasteiger partial charge in [-0.25, -0.2) is 0 Å². The van der Waals surface area contributed by atoms with E-state index in [1.807, 2.05) is 0 Å². The zero-order chi connectivity index (χ0) is 14.7. The van der Waals surface area contributed by atoms with E-state index in [4.69, 9.17) is 0 Å². The molecule has 2 rings (SSSR count). The number of amides is 2. The monoisotopic (exact) mass is 278 g/mol. The van der Waals surface area contributed by atoms with E-state index in [9.17, 15) is 19.7 Å². The van der Waals surface area contributed by atoms with Crippen LogP contribution >= 0.6 is 0 Å². The molecule has 0 aromatic heterocycles. The van der Waals surface area contributed by atoms with E-state index in [2.05, 4.69) is 16.0 Å². The Morgan fingerprint density at radius 2 is 2.25 bits per heavy atom. The average Bonchev–Trinajstić information content (AvgIpc) is 2.41. The van der Waals surface area contributed by atoms with E-state index in [0.717, 1.165) is 0 Å². The van der Waals surface area contributed by atoms with E-state index in [-0.39, 0.29) is 30.6 Å². The van der Waals surface area contributed by atoms with Gasteiger partial charge in [-0.05, 0) is 18.6 Å². The van der Waals surface area contributed by atoms with Crippen LogP contribution in [0, 0.1) is 17.0 Å². The van der Waals surface area contributed by atoms with Crippen molar-refractivity contribution in [2.45, 2.75) is 13.0 Å². The second-order valence-electron chi connectivity index (χ2n) is 4.48. The summed E-state index contributed by atoms with van der Waals surface area (Å²) in [6, 6.07) is 3.71. The molecule has 1 fully saturated rings. The van der Waals surface area contributed by atoms with E-state index < -0.39 is 11.0 Å². The van der Waals surface area contributed by atoms with Crippen LogP contribution in [0.3, 0.4) is 0 Å². The van der Waals surface area contributed by atoms with Gasteiger partial charge in [-0.1, -0.05) is 0 Å². The number of nitrogens with one attached hydrogen (secondary N) is 3. The van der Waals surface area contributed by atoms with Crippen molar-refractivity contribution in [1.82, 2.24) is 10.6 Å². The smallest absolute Gasteiger partial charge is 0.269 e. The van der Waals surface area contributed by atoms with Crippen molar-refractivity contribution < 1.29 is 14.5 Å². The predicted octanol–water partition coefficient (Wildman–Crippen LogP) is -0.0703. The summed E-state index contributed by atoms with van der Waals surface area (Å²) >= 11 is 0. The van der Waals surface area contributed by atoms with Crippen molar-refractivity contribution in [3.8, 4) is 0 Å². The quantitative estimate of drug-likeness (QED) is 0.529. The largest absolute Gasteiger partial charge is 0.353 e. The summed E-state index contributed by atoms with van der Waals surface area (Å²) in [4.78, 5) is 33.1. The van der Waals surface area contributed by atoms with Gasteiger partial charge in [0.2, 0.25) is 11.8 Å². The second kappa shape index (κ2) is 5.66. The Kier molecular flexibility index (Phi) is 3.94. The Bertz CT molecular complexity index is 563. The lowest BCUT2D eigenvalue weighted by molar-refractivity contribution is -0.384. The van der Waals surface area contributed by atoms with E-state index in [0.29, 0.717) is 11.3 Å². The van der Waals surface area contributed by atoms with Gasteiger partial charge in [0.15, 0.2) is 0 Å². The maximum absolute atomic E-state index is 12.0. The number of aryl methyl sites for hydroxylation is 1. The molecule has 1 aromatic rings. The number of hydrogen-bond donors (Lipinski definition) is 3. The summed E-state index contributed by atoms with van der Waals surface area (Å²) in [5.41, 5.74) is 1.09. The molecule has 1 saturated heterocycles. The van der Waals surface area contributed by atoms with E-state index >= 15 is 0 Å². The van der Waals surface area contributed by atoms with Crippen molar-refractivity contribution in [2.24, 2.45) is 0 Å². The van der Waals surface area contributed by atoms with Crippen molar-refractivity contribution >= 4 is 23.2 Å². The molecule has 1 unspecified atom stereocenters. The van der Waals surface area contributed by atoms with Crippen LogP contribution in [0.5, 0.6) is 0 Å². The van der Waals surface area contributed by atoms with E-state index in [1.54, 1.807) is 6.92 Å². The number of piperazine rings is 1. The van der Waals surface area contributed by atoms with Gasteiger partial charge in [0.05, 0.1) is 11.5 Å². The summed E-state index contributed by atoms with van der Waals surface area (Å²) in [6.45, 7) is 1.99. The second-order valence-corrected chi connectivity index (χ2v) is 4.48. The Labute approximate surface area is 114 Å². The highest BCUT2D eigenvalue weighted by atomic mass is 16.6. The summed E-state index contributed by atoms with van der Waals surface area (Å²) in [5, 5.41) is 18.7. The molecule has 1 aromatic carbocycles. The Morgan fingerprint density at radius 1 is 1.50 bits per heavy atom. The Hall–Kier alpha value is -2.48. The molecule has 1 atom stereocenters. The molecule has 3 N–H and O–H groups in total. The molecule has 1 aliphatic heterocycles. The number of carbonyl (C=O) groups excluding carboxylic acids is 2. The van der Waals surface area contributed by atoms with Crippen LogP contribution in [-0.4, -0.2) is 35.9 Å². The first kappa shape index (κ1) is 13.9. The molecular formula is C12H14N4O4. The first-order valence-electron chi connectivity index (χ1n) is 6.03. The fourth-order valence-electron chi connectivity index (χ4n) is 1.87. The van der Waals surface area contributed by atoms with Crippen LogP contribution in [0.4, 0.5) is 11.4 Å². The molecule has 0 radical (unpaired) electrons.